The minimum absolute atomic E-state index is 0.0391. The van der Waals surface area contributed by atoms with Crippen molar-refractivity contribution in [2.24, 2.45) is 0 Å². The number of rotatable bonds is 2. The van der Waals surface area contributed by atoms with Gasteiger partial charge in [0.15, 0.2) is 0 Å². The van der Waals surface area contributed by atoms with Crippen molar-refractivity contribution in [2.75, 3.05) is 5.73 Å². The monoisotopic (exact) mass is 295 g/mol. The third kappa shape index (κ3) is 2.27. The zero-order valence-corrected chi connectivity index (χ0v) is 11.5. The lowest BCUT2D eigenvalue weighted by Gasteiger charge is -2.02. The Labute approximate surface area is 123 Å². The second-order valence-corrected chi connectivity index (χ2v) is 5.38. The molecule has 0 saturated carbocycles. The van der Waals surface area contributed by atoms with Gasteiger partial charge in [-0.15, -0.1) is 0 Å². The number of aromatic nitrogens is 4. The number of nitrogen functional groups attached to an aromatic ring is 1. The van der Waals surface area contributed by atoms with Gasteiger partial charge in [0.1, 0.15) is 5.03 Å². The molecule has 0 radical (unpaired) electrons. The molecule has 0 aliphatic carbocycles. The van der Waals surface area contributed by atoms with E-state index < -0.39 is 0 Å². The molecule has 7 heteroatoms. The highest BCUT2D eigenvalue weighted by Gasteiger charge is 2.08. The van der Waals surface area contributed by atoms with Crippen LogP contribution in [0, 0.1) is 0 Å². The summed E-state index contributed by atoms with van der Waals surface area (Å²) >= 11 is 1.23. The summed E-state index contributed by atoms with van der Waals surface area (Å²) in [5.74, 6) is 0. The second-order valence-electron chi connectivity index (χ2n) is 4.40. The van der Waals surface area contributed by atoms with Crippen LogP contribution in [-0.2, 0) is 0 Å². The fraction of sp³-hybridized carbons (Fsp3) is 0. The van der Waals surface area contributed by atoms with Crippen molar-refractivity contribution in [2.45, 2.75) is 10.2 Å². The van der Waals surface area contributed by atoms with E-state index in [-0.39, 0.29) is 6.01 Å². The molecule has 0 aliphatic heterocycles. The van der Waals surface area contributed by atoms with E-state index in [9.17, 15) is 0 Å². The molecular weight excluding hydrogens is 286 g/mol. The highest BCUT2D eigenvalue weighted by Crippen LogP contribution is 2.27. The van der Waals surface area contributed by atoms with Crippen LogP contribution in [0.4, 0.5) is 6.01 Å². The van der Waals surface area contributed by atoms with E-state index in [1.54, 1.807) is 6.20 Å². The average Bonchev–Trinajstić information content (AvgIpc) is 2.90. The lowest BCUT2D eigenvalue weighted by molar-refractivity contribution is 0.470. The molecule has 2 aromatic heterocycles. The zero-order chi connectivity index (χ0) is 14.2. The minimum Gasteiger partial charge on any atom is -0.398 e. The van der Waals surface area contributed by atoms with E-state index in [0.29, 0.717) is 10.2 Å². The first kappa shape index (κ1) is 12.1. The summed E-state index contributed by atoms with van der Waals surface area (Å²) < 4.78 is 5.12. The van der Waals surface area contributed by atoms with Crippen molar-refractivity contribution in [3.05, 3.63) is 42.6 Å². The van der Waals surface area contributed by atoms with Crippen LogP contribution in [0.1, 0.15) is 0 Å². The fourth-order valence-electron chi connectivity index (χ4n) is 2.08. The zero-order valence-electron chi connectivity index (χ0n) is 10.7. The van der Waals surface area contributed by atoms with E-state index in [0.717, 1.165) is 21.8 Å². The molecule has 0 fully saturated rings. The Balaban J connectivity index is 1.79. The van der Waals surface area contributed by atoms with E-state index in [2.05, 4.69) is 32.3 Å². The van der Waals surface area contributed by atoms with Gasteiger partial charge < -0.3 is 10.2 Å². The van der Waals surface area contributed by atoms with Crippen molar-refractivity contribution >= 4 is 39.6 Å². The number of nitrogens with zero attached hydrogens (tertiary/aromatic N) is 4. The van der Waals surface area contributed by atoms with Crippen LogP contribution in [0.15, 0.2) is 57.3 Å². The lowest BCUT2D eigenvalue weighted by Crippen LogP contribution is -1.87. The summed E-state index contributed by atoms with van der Waals surface area (Å²) in [6.07, 6.45) is 1.68. The Kier molecular flexibility index (Phi) is 2.71. The van der Waals surface area contributed by atoms with Crippen LogP contribution in [0.2, 0.25) is 0 Å². The molecule has 4 rings (SSSR count). The second kappa shape index (κ2) is 4.71. The highest BCUT2D eigenvalue weighted by molar-refractivity contribution is 7.99. The highest BCUT2D eigenvalue weighted by atomic mass is 32.2. The molecule has 0 saturated heterocycles. The fourth-order valence-corrected chi connectivity index (χ4v) is 2.72. The molecule has 6 nitrogen and oxygen atoms in total. The van der Waals surface area contributed by atoms with Crippen molar-refractivity contribution in [3.8, 4) is 0 Å². The Morgan fingerprint density at radius 1 is 1.00 bits per heavy atom. The smallest absolute Gasteiger partial charge is 0.313 e. The molecule has 0 atom stereocenters. The lowest BCUT2D eigenvalue weighted by atomic mass is 10.1. The molecule has 2 aromatic carbocycles. The Bertz CT molecular complexity index is 952. The summed E-state index contributed by atoms with van der Waals surface area (Å²) in [4.78, 5) is 8.99. The number of fused-ring (bicyclic) bond motifs is 2. The van der Waals surface area contributed by atoms with Gasteiger partial charge in [-0.05, 0) is 34.7 Å². The maximum absolute atomic E-state index is 5.40. The molecule has 102 valence electrons. The maximum Gasteiger partial charge on any atom is 0.313 e. The number of anilines is 1. The molecule has 0 spiro atoms. The summed E-state index contributed by atoms with van der Waals surface area (Å²) in [6.45, 7) is 0. The average molecular weight is 295 g/mol. The molecule has 0 unspecified atom stereocenters. The van der Waals surface area contributed by atoms with Gasteiger partial charge in [-0.25, -0.2) is 4.98 Å². The summed E-state index contributed by atoms with van der Waals surface area (Å²) in [5, 5.41) is 10.7. The standard InChI is InChI=1S/C14H9N5OS/c15-13-18-19-14(20-13)21-12-7-16-10-5-8-3-1-2-4-9(8)6-11(10)17-12/h1-7H,(H2,15,18). The quantitative estimate of drug-likeness (QED) is 0.568. The van der Waals surface area contributed by atoms with Crippen LogP contribution in [-0.4, -0.2) is 20.2 Å². The number of hydrogen-bond donors (Lipinski definition) is 1. The van der Waals surface area contributed by atoms with Crippen molar-refractivity contribution in [1.29, 1.82) is 0 Å². The molecular formula is C14H9N5OS. The Morgan fingerprint density at radius 3 is 2.48 bits per heavy atom. The van der Waals surface area contributed by atoms with Crippen molar-refractivity contribution < 1.29 is 4.42 Å². The third-order valence-electron chi connectivity index (χ3n) is 3.00. The van der Waals surface area contributed by atoms with Gasteiger partial charge in [0.25, 0.3) is 5.22 Å². The normalized spacial score (nSPS) is 11.2. The van der Waals surface area contributed by atoms with E-state index >= 15 is 0 Å². The van der Waals surface area contributed by atoms with Gasteiger partial charge in [-0.1, -0.05) is 34.5 Å². The number of nitrogens with two attached hydrogens (primary N) is 1. The molecule has 2 heterocycles. The van der Waals surface area contributed by atoms with Gasteiger partial charge in [0.2, 0.25) is 0 Å². The van der Waals surface area contributed by atoms with Gasteiger partial charge in [0.05, 0.1) is 17.2 Å². The van der Waals surface area contributed by atoms with E-state index in [1.165, 1.54) is 11.8 Å². The number of hydrogen-bond acceptors (Lipinski definition) is 7. The topological polar surface area (TPSA) is 90.7 Å². The summed E-state index contributed by atoms with van der Waals surface area (Å²) in [7, 11) is 0. The molecule has 21 heavy (non-hydrogen) atoms. The third-order valence-corrected chi connectivity index (χ3v) is 3.75. The predicted molar refractivity (Wildman–Crippen MR) is 79.9 cm³/mol. The summed E-state index contributed by atoms with van der Waals surface area (Å²) in [5.41, 5.74) is 7.07. The van der Waals surface area contributed by atoms with Crippen LogP contribution in [0.3, 0.4) is 0 Å². The molecule has 0 aliphatic rings. The van der Waals surface area contributed by atoms with Gasteiger partial charge in [0, 0.05) is 0 Å². The van der Waals surface area contributed by atoms with Crippen molar-refractivity contribution in [3.63, 3.8) is 0 Å². The number of benzene rings is 2. The van der Waals surface area contributed by atoms with Crippen molar-refractivity contribution in [1.82, 2.24) is 20.2 Å². The van der Waals surface area contributed by atoms with E-state index in [1.807, 2.05) is 24.3 Å². The maximum atomic E-state index is 5.40. The van der Waals surface area contributed by atoms with Crippen LogP contribution >= 0.6 is 11.8 Å². The molecule has 2 N–H and O–H groups in total. The van der Waals surface area contributed by atoms with Crippen LogP contribution in [0.25, 0.3) is 21.8 Å². The Hall–Kier alpha value is -2.67. The predicted octanol–water partition coefficient (Wildman–Crippen LogP) is 2.90. The van der Waals surface area contributed by atoms with Gasteiger partial charge in [-0.2, -0.15) is 0 Å². The SMILES string of the molecule is Nc1nnc(Sc2cnc3cc4ccccc4cc3n2)o1. The first-order chi connectivity index (χ1) is 10.3. The van der Waals surface area contributed by atoms with Crippen LogP contribution in [0.5, 0.6) is 0 Å². The Morgan fingerprint density at radius 2 is 1.76 bits per heavy atom. The first-order valence-electron chi connectivity index (χ1n) is 6.20. The molecule has 4 aromatic rings. The van der Waals surface area contributed by atoms with E-state index in [4.69, 9.17) is 10.2 Å². The summed E-state index contributed by atoms with van der Waals surface area (Å²) in [6, 6.07) is 12.2. The van der Waals surface area contributed by atoms with Crippen LogP contribution < -0.4 is 5.73 Å². The molecule has 0 amide bonds. The first-order valence-corrected chi connectivity index (χ1v) is 7.02. The molecule has 0 bridgehead atoms. The minimum atomic E-state index is 0.0391. The van der Waals surface area contributed by atoms with Gasteiger partial charge in [-0.3, -0.25) is 4.98 Å². The van der Waals surface area contributed by atoms with Gasteiger partial charge >= 0.3 is 6.01 Å². The largest absolute Gasteiger partial charge is 0.398 e.